The van der Waals surface area contributed by atoms with Crippen LogP contribution < -0.4 is 5.32 Å². The maximum Gasteiger partial charge on any atom is 0.220 e. The molecule has 0 heterocycles. The zero-order valence-electron chi connectivity index (χ0n) is 9.61. The summed E-state index contributed by atoms with van der Waals surface area (Å²) in [6.07, 6.45) is 1.68. The first-order chi connectivity index (χ1) is 5.81. The molecule has 0 radical (unpaired) electrons. The Labute approximate surface area is 82.1 Å². The Hall–Kier alpha value is -0.530. The molecule has 78 valence electrons. The topological polar surface area (TPSA) is 29.1 Å². The number of rotatable bonds is 4. The summed E-state index contributed by atoms with van der Waals surface area (Å²) in [7, 11) is 0. The van der Waals surface area contributed by atoms with Gasteiger partial charge in [0.2, 0.25) is 5.91 Å². The number of amides is 1. The molecule has 0 unspecified atom stereocenters. The normalized spacial score (nSPS) is 11.8. The van der Waals surface area contributed by atoms with Crippen LogP contribution in [0.4, 0.5) is 0 Å². The summed E-state index contributed by atoms with van der Waals surface area (Å²) in [5, 5.41) is 2.93. The van der Waals surface area contributed by atoms with Crippen molar-refractivity contribution in [3.63, 3.8) is 0 Å². The van der Waals surface area contributed by atoms with Crippen LogP contribution in [0.15, 0.2) is 0 Å². The van der Waals surface area contributed by atoms with Crippen molar-refractivity contribution >= 4 is 5.91 Å². The second kappa shape index (κ2) is 5.25. The third-order valence-corrected chi connectivity index (χ3v) is 1.73. The lowest BCUT2D eigenvalue weighted by atomic mass is 9.92. The highest BCUT2D eigenvalue weighted by Crippen LogP contribution is 2.17. The van der Waals surface area contributed by atoms with Gasteiger partial charge in [0.15, 0.2) is 0 Å². The first-order valence-electron chi connectivity index (χ1n) is 5.08. The molecule has 0 bridgehead atoms. The van der Waals surface area contributed by atoms with Crippen LogP contribution in [0.2, 0.25) is 0 Å². The van der Waals surface area contributed by atoms with E-state index in [4.69, 9.17) is 0 Å². The van der Waals surface area contributed by atoms with Gasteiger partial charge >= 0.3 is 0 Å². The van der Waals surface area contributed by atoms with E-state index in [1.165, 1.54) is 0 Å². The van der Waals surface area contributed by atoms with Crippen LogP contribution in [-0.2, 0) is 4.79 Å². The van der Waals surface area contributed by atoms with Gasteiger partial charge < -0.3 is 5.32 Å². The molecule has 1 amide bonds. The third-order valence-electron chi connectivity index (χ3n) is 1.73. The Morgan fingerprint density at radius 1 is 1.31 bits per heavy atom. The quantitative estimate of drug-likeness (QED) is 0.716. The van der Waals surface area contributed by atoms with Crippen molar-refractivity contribution in [1.29, 1.82) is 0 Å². The molecule has 13 heavy (non-hydrogen) atoms. The highest BCUT2D eigenvalue weighted by molar-refractivity contribution is 5.76. The summed E-state index contributed by atoms with van der Waals surface area (Å²) in [5.74, 6) is 0.836. The van der Waals surface area contributed by atoms with Gasteiger partial charge in [-0.15, -0.1) is 0 Å². The standard InChI is InChI=1S/C11H23NO/c1-9(2)6-7-12-10(13)8-11(3,4)5/h9H,6-8H2,1-5H3,(H,12,13). The zero-order valence-corrected chi connectivity index (χ0v) is 9.61. The van der Waals surface area contributed by atoms with Gasteiger partial charge in [0.1, 0.15) is 0 Å². The summed E-state index contributed by atoms with van der Waals surface area (Å²) >= 11 is 0. The van der Waals surface area contributed by atoms with E-state index in [2.05, 4.69) is 39.9 Å². The van der Waals surface area contributed by atoms with Crippen LogP contribution in [0.1, 0.15) is 47.5 Å². The van der Waals surface area contributed by atoms with E-state index in [1.807, 2.05) is 0 Å². The van der Waals surface area contributed by atoms with Gasteiger partial charge in [-0.05, 0) is 17.8 Å². The average molecular weight is 185 g/mol. The first-order valence-corrected chi connectivity index (χ1v) is 5.08. The van der Waals surface area contributed by atoms with Gasteiger partial charge in [0, 0.05) is 13.0 Å². The van der Waals surface area contributed by atoms with Gasteiger partial charge in [0.25, 0.3) is 0 Å². The summed E-state index contributed by atoms with van der Waals surface area (Å²) in [5.41, 5.74) is 0.0991. The average Bonchev–Trinajstić information content (AvgIpc) is 1.81. The molecule has 0 aliphatic heterocycles. The lowest BCUT2D eigenvalue weighted by Gasteiger charge is -2.17. The Balaban J connectivity index is 3.53. The van der Waals surface area contributed by atoms with Gasteiger partial charge in [-0.3, -0.25) is 4.79 Å². The molecule has 0 fully saturated rings. The van der Waals surface area contributed by atoms with Crippen LogP contribution >= 0.6 is 0 Å². The maximum atomic E-state index is 11.3. The first kappa shape index (κ1) is 12.5. The minimum atomic E-state index is 0.0991. The molecule has 0 aliphatic carbocycles. The van der Waals surface area contributed by atoms with Crippen LogP contribution in [0.3, 0.4) is 0 Å². The molecule has 0 saturated heterocycles. The lowest BCUT2D eigenvalue weighted by molar-refractivity contribution is -0.122. The van der Waals surface area contributed by atoms with Crippen molar-refractivity contribution < 1.29 is 4.79 Å². The van der Waals surface area contributed by atoms with Crippen molar-refractivity contribution in [1.82, 2.24) is 5.32 Å². The number of carbonyl (C=O) groups is 1. The fraction of sp³-hybridized carbons (Fsp3) is 0.909. The largest absolute Gasteiger partial charge is 0.356 e. The summed E-state index contributed by atoms with van der Waals surface area (Å²) in [6.45, 7) is 11.4. The second-order valence-corrected chi connectivity index (χ2v) is 5.27. The van der Waals surface area contributed by atoms with Crippen LogP contribution in [0.5, 0.6) is 0 Å². The Morgan fingerprint density at radius 3 is 2.23 bits per heavy atom. The smallest absolute Gasteiger partial charge is 0.220 e. The molecule has 1 N–H and O–H groups in total. The van der Waals surface area contributed by atoms with Gasteiger partial charge in [-0.1, -0.05) is 34.6 Å². The Morgan fingerprint density at radius 2 is 1.85 bits per heavy atom. The molecule has 0 rings (SSSR count). The van der Waals surface area contributed by atoms with E-state index in [0.717, 1.165) is 13.0 Å². The molecule has 0 aromatic carbocycles. The van der Waals surface area contributed by atoms with Gasteiger partial charge in [-0.2, -0.15) is 0 Å². The van der Waals surface area contributed by atoms with Crippen molar-refractivity contribution in [3.05, 3.63) is 0 Å². The lowest BCUT2D eigenvalue weighted by Crippen LogP contribution is -2.28. The highest BCUT2D eigenvalue weighted by atomic mass is 16.1. The summed E-state index contributed by atoms with van der Waals surface area (Å²) < 4.78 is 0. The molecule has 0 aliphatic rings. The predicted molar refractivity (Wildman–Crippen MR) is 56.5 cm³/mol. The SMILES string of the molecule is CC(C)CCNC(=O)CC(C)(C)C. The minimum absolute atomic E-state index is 0.0991. The second-order valence-electron chi connectivity index (χ2n) is 5.27. The fourth-order valence-corrected chi connectivity index (χ4v) is 1.04. The van der Waals surface area contributed by atoms with Gasteiger partial charge in [-0.25, -0.2) is 0 Å². The van der Waals surface area contributed by atoms with Crippen molar-refractivity contribution in [2.75, 3.05) is 6.54 Å². The monoisotopic (exact) mass is 185 g/mol. The maximum absolute atomic E-state index is 11.3. The summed E-state index contributed by atoms with van der Waals surface area (Å²) in [6, 6.07) is 0. The molecule has 0 aromatic heterocycles. The summed E-state index contributed by atoms with van der Waals surface area (Å²) in [4.78, 5) is 11.3. The molecule has 0 saturated carbocycles. The van der Waals surface area contributed by atoms with E-state index >= 15 is 0 Å². The zero-order chi connectivity index (χ0) is 10.5. The number of nitrogens with one attached hydrogen (secondary N) is 1. The van der Waals surface area contributed by atoms with E-state index in [9.17, 15) is 4.79 Å². The highest BCUT2D eigenvalue weighted by Gasteiger charge is 2.15. The van der Waals surface area contributed by atoms with E-state index in [1.54, 1.807) is 0 Å². The molecule has 2 nitrogen and oxygen atoms in total. The predicted octanol–water partition coefficient (Wildman–Crippen LogP) is 2.58. The number of hydrogen-bond acceptors (Lipinski definition) is 1. The molecular weight excluding hydrogens is 162 g/mol. The van der Waals surface area contributed by atoms with Crippen molar-refractivity contribution in [3.8, 4) is 0 Å². The fourth-order valence-electron chi connectivity index (χ4n) is 1.04. The molecular formula is C11H23NO. The Bertz CT molecular complexity index is 156. The van der Waals surface area contributed by atoms with Crippen molar-refractivity contribution in [2.45, 2.75) is 47.5 Å². The van der Waals surface area contributed by atoms with Gasteiger partial charge in [0.05, 0.1) is 0 Å². The van der Waals surface area contributed by atoms with E-state index < -0.39 is 0 Å². The van der Waals surface area contributed by atoms with E-state index in [-0.39, 0.29) is 11.3 Å². The number of hydrogen-bond donors (Lipinski definition) is 1. The van der Waals surface area contributed by atoms with Crippen LogP contribution in [0.25, 0.3) is 0 Å². The Kier molecular flexibility index (Phi) is 5.04. The van der Waals surface area contributed by atoms with Crippen LogP contribution in [0, 0.1) is 11.3 Å². The number of carbonyl (C=O) groups excluding carboxylic acids is 1. The molecule has 2 heteroatoms. The van der Waals surface area contributed by atoms with Crippen LogP contribution in [-0.4, -0.2) is 12.5 Å². The third kappa shape index (κ3) is 9.38. The minimum Gasteiger partial charge on any atom is -0.356 e. The molecule has 0 spiro atoms. The van der Waals surface area contributed by atoms with E-state index in [0.29, 0.717) is 12.3 Å². The molecule has 0 atom stereocenters. The van der Waals surface area contributed by atoms with Crippen molar-refractivity contribution in [2.24, 2.45) is 11.3 Å². The molecule has 0 aromatic rings.